The van der Waals surface area contributed by atoms with Gasteiger partial charge in [-0.2, -0.15) is 0 Å². The molecule has 0 unspecified atom stereocenters. The smallest absolute Gasteiger partial charge is 0.260 e. The molecular weight excluding hydrogens is 268 g/mol. The van der Waals surface area contributed by atoms with Gasteiger partial charge in [-0.15, -0.1) is 0 Å². The number of amides is 1. The van der Waals surface area contributed by atoms with Crippen LogP contribution >= 0.6 is 0 Å². The predicted octanol–water partition coefficient (Wildman–Crippen LogP) is 2.56. The van der Waals surface area contributed by atoms with Crippen LogP contribution in [0.4, 0.5) is 11.4 Å². The van der Waals surface area contributed by atoms with Crippen LogP contribution in [0.3, 0.4) is 0 Å². The molecule has 0 saturated heterocycles. The Bertz CT molecular complexity index is 641. The number of methoxy groups -OCH3 is 2. The zero-order valence-electron chi connectivity index (χ0n) is 12.3. The molecule has 5 nitrogen and oxygen atoms in total. The predicted molar refractivity (Wildman–Crippen MR) is 83.1 cm³/mol. The third kappa shape index (κ3) is 2.91. The molecule has 110 valence electrons. The maximum Gasteiger partial charge on any atom is 0.260 e. The van der Waals surface area contributed by atoms with Crippen molar-refractivity contribution < 1.29 is 14.3 Å². The van der Waals surface area contributed by atoms with E-state index in [0.29, 0.717) is 22.7 Å². The highest BCUT2D eigenvalue weighted by Gasteiger charge is 2.19. The van der Waals surface area contributed by atoms with Crippen LogP contribution in [0.2, 0.25) is 0 Å². The molecule has 2 rings (SSSR count). The van der Waals surface area contributed by atoms with Crippen LogP contribution in [0.1, 0.15) is 10.4 Å². The molecule has 0 bridgehead atoms. The largest absolute Gasteiger partial charge is 0.493 e. The summed E-state index contributed by atoms with van der Waals surface area (Å²) >= 11 is 0. The van der Waals surface area contributed by atoms with E-state index in [2.05, 4.69) is 0 Å². The number of para-hydroxylation sites is 1. The van der Waals surface area contributed by atoms with Gasteiger partial charge in [-0.1, -0.05) is 18.2 Å². The second-order valence-corrected chi connectivity index (χ2v) is 4.49. The molecule has 0 saturated carbocycles. The molecule has 0 aliphatic carbocycles. The summed E-state index contributed by atoms with van der Waals surface area (Å²) in [5.41, 5.74) is 7.46. The number of ether oxygens (including phenoxy) is 2. The zero-order chi connectivity index (χ0) is 15.4. The van der Waals surface area contributed by atoms with Gasteiger partial charge >= 0.3 is 0 Å². The number of hydrogen-bond acceptors (Lipinski definition) is 4. The third-order valence-electron chi connectivity index (χ3n) is 3.23. The van der Waals surface area contributed by atoms with Crippen LogP contribution in [0.15, 0.2) is 42.5 Å². The van der Waals surface area contributed by atoms with Gasteiger partial charge in [-0.3, -0.25) is 4.79 Å². The molecule has 0 radical (unpaired) electrons. The Hall–Kier alpha value is -2.69. The monoisotopic (exact) mass is 286 g/mol. The minimum Gasteiger partial charge on any atom is -0.493 e. The summed E-state index contributed by atoms with van der Waals surface area (Å²) in [6, 6.07) is 12.5. The summed E-state index contributed by atoms with van der Waals surface area (Å²) in [6.07, 6.45) is 0. The molecule has 0 heterocycles. The molecular formula is C16H18N2O3. The summed E-state index contributed by atoms with van der Waals surface area (Å²) in [5.74, 6) is 0.755. The zero-order valence-corrected chi connectivity index (χ0v) is 12.3. The lowest BCUT2D eigenvalue weighted by atomic mass is 10.1. The van der Waals surface area contributed by atoms with Crippen LogP contribution in [0.5, 0.6) is 11.5 Å². The third-order valence-corrected chi connectivity index (χ3v) is 3.23. The first-order valence-electron chi connectivity index (χ1n) is 6.43. The number of nitrogen functional groups attached to an aromatic ring is 1. The van der Waals surface area contributed by atoms with E-state index in [1.54, 1.807) is 19.2 Å². The van der Waals surface area contributed by atoms with Crippen molar-refractivity contribution in [1.82, 2.24) is 0 Å². The van der Waals surface area contributed by atoms with Crippen LogP contribution in [-0.2, 0) is 0 Å². The highest BCUT2D eigenvalue weighted by atomic mass is 16.5. The van der Waals surface area contributed by atoms with Crippen molar-refractivity contribution in [2.75, 3.05) is 31.9 Å². The average molecular weight is 286 g/mol. The SMILES string of the molecule is COc1cc(N)c(C(=O)N(C)c2ccccc2)cc1OC. The molecule has 0 atom stereocenters. The average Bonchev–Trinajstić information content (AvgIpc) is 2.54. The normalized spacial score (nSPS) is 10.0. The molecule has 0 aromatic heterocycles. The Labute approximate surface area is 123 Å². The van der Waals surface area contributed by atoms with E-state index < -0.39 is 0 Å². The van der Waals surface area contributed by atoms with Gasteiger partial charge in [0.25, 0.3) is 5.91 Å². The van der Waals surface area contributed by atoms with Gasteiger partial charge in [0.2, 0.25) is 0 Å². The number of benzene rings is 2. The minimum atomic E-state index is -0.209. The van der Waals surface area contributed by atoms with E-state index in [9.17, 15) is 4.79 Å². The summed E-state index contributed by atoms with van der Waals surface area (Å²) in [6.45, 7) is 0. The Morgan fingerprint density at radius 2 is 1.62 bits per heavy atom. The number of nitrogens with two attached hydrogens (primary N) is 1. The molecule has 0 spiro atoms. The van der Waals surface area contributed by atoms with Gasteiger partial charge < -0.3 is 20.1 Å². The standard InChI is InChI=1S/C16H18N2O3/c1-18(11-7-5-4-6-8-11)16(19)12-9-14(20-2)15(21-3)10-13(12)17/h4-10H,17H2,1-3H3. The highest BCUT2D eigenvalue weighted by molar-refractivity contribution is 6.09. The van der Waals surface area contributed by atoms with E-state index >= 15 is 0 Å². The summed E-state index contributed by atoms with van der Waals surface area (Å²) in [4.78, 5) is 14.1. The highest BCUT2D eigenvalue weighted by Crippen LogP contribution is 2.32. The number of hydrogen-bond donors (Lipinski definition) is 1. The van der Waals surface area contributed by atoms with Crippen molar-refractivity contribution in [2.24, 2.45) is 0 Å². The van der Waals surface area contributed by atoms with E-state index in [1.165, 1.54) is 19.1 Å². The fraction of sp³-hybridized carbons (Fsp3) is 0.188. The van der Waals surface area contributed by atoms with Gasteiger partial charge in [0.15, 0.2) is 11.5 Å². The molecule has 1 amide bonds. The van der Waals surface area contributed by atoms with Crippen molar-refractivity contribution in [1.29, 1.82) is 0 Å². The van der Waals surface area contributed by atoms with E-state index in [4.69, 9.17) is 15.2 Å². The summed E-state index contributed by atoms with van der Waals surface area (Å²) in [7, 11) is 4.74. The van der Waals surface area contributed by atoms with Crippen molar-refractivity contribution in [2.45, 2.75) is 0 Å². The van der Waals surface area contributed by atoms with Gasteiger partial charge in [0.05, 0.1) is 19.8 Å². The van der Waals surface area contributed by atoms with Crippen molar-refractivity contribution in [3.05, 3.63) is 48.0 Å². The van der Waals surface area contributed by atoms with Gasteiger partial charge in [0.1, 0.15) is 0 Å². The summed E-state index contributed by atoms with van der Waals surface area (Å²) in [5, 5.41) is 0. The number of rotatable bonds is 4. The van der Waals surface area contributed by atoms with Crippen LogP contribution in [0.25, 0.3) is 0 Å². The van der Waals surface area contributed by atoms with Gasteiger partial charge in [-0.25, -0.2) is 0 Å². The van der Waals surface area contributed by atoms with E-state index in [-0.39, 0.29) is 5.91 Å². The molecule has 21 heavy (non-hydrogen) atoms. The van der Waals surface area contributed by atoms with Gasteiger partial charge in [-0.05, 0) is 18.2 Å². The van der Waals surface area contributed by atoms with Crippen molar-refractivity contribution in [3.63, 3.8) is 0 Å². The van der Waals surface area contributed by atoms with Crippen molar-refractivity contribution >= 4 is 17.3 Å². The van der Waals surface area contributed by atoms with Crippen LogP contribution in [-0.4, -0.2) is 27.2 Å². The van der Waals surface area contributed by atoms with Crippen molar-refractivity contribution in [3.8, 4) is 11.5 Å². The van der Waals surface area contributed by atoms with Crippen LogP contribution in [0, 0.1) is 0 Å². The minimum absolute atomic E-state index is 0.209. The fourth-order valence-corrected chi connectivity index (χ4v) is 2.03. The lowest BCUT2D eigenvalue weighted by Crippen LogP contribution is -2.27. The first-order chi connectivity index (χ1) is 10.1. The van der Waals surface area contributed by atoms with Crippen LogP contribution < -0.4 is 20.1 Å². The Morgan fingerprint density at radius 3 is 2.19 bits per heavy atom. The molecule has 2 aromatic carbocycles. The summed E-state index contributed by atoms with van der Waals surface area (Å²) < 4.78 is 10.4. The molecule has 2 aromatic rings. The Kier molecular flexibility index (Phi) is 4.33. The maximum atomic E-state index is 12.6. The molecule has 5 heteroatoms. The second kappa shape index (κ2) is 6.17. The molecule has 2 N–H and O–H groups in total. The molecule has 0 aliphatic rings. The first kappa shape index (κ1) is 14.7. The lowest BCUT2D eigenvalue weighted by Gasteiger charge is -2.19. The Morgan fingerprint density at radius 1 is 1.05 bits per heavy atom. The lowest BCUT2D eigenvalue weighted by molar-refractivity contribution is 0.0993. The van der Waals surface area contributed by atoms with E-state index in [1.807, 2.05) is 30.3 Å². The quantitative estimate of drug-likeness (QED) is 0.877. The van der Waals surface area contributed by atoms with Gasteiger partial charge in [0, 0.05) is 24.5 Å². The second-order valence-electron chi connectivity index (χ2n) is 4.49. The first-order valence-corrected chi connectivity index (χ1v) is 6.43. The fourth-order valence-electron chi connectivity index (χ4n) is 2.03. The van der Waals surface area contributed by atoms with E-state index in [0.717, 1.165) is 5.69 Å². The number of carbonyl (C=O) groups is 1. The topological polar surface area (TPSA) is 64.8 Å². The number of anilines is 2. The number of nitrogens with zero attached hydrogens (tertiary/aromatic N) is 1. The maximum absolute atomic E-state index is 12.6. The molecule has 0 aliphatic heterocycles. The number of carbonyl (C=O) groups excluding carboxylic acids is 1. The molecule has 0 fully saturated rings. The Balaban J connectivity index is 2.39.